The Bertz CT molecular complexity index is 1240. The first-order valence-corrected chi connectivity index (χ1v) is 11.4. The van der Waals surface area contributed by atoms with E-state index in [4.69, 9.17) is 4.74 Å². The van der Waals surface area contributed by atoms with Gasteiger partial charge in [-0.05, 0) is 24.1 Å². The molecule has 1 atom stereocenters. The average Bonchev–Trinajstić information content (AvgIpc) is 2.79. The molecule has 0 unspecified atom stereocenters. The van der Waals surface area contributed by atoms with Gasteiger partial charge in [0.2, 0.25) is 5.91 Å². The Balaban J connectivity index is 1.73. The highest BCUT2D eigenvalue weighted by molar-refractivity contribution is 7.98. The van der Waals surface area contributed by atoms with Crippen molar-refractivity contribution in [3.8, 4) is 5.75 Å². The lowest BCUT2D eigenvalue weighted by molar-refractivity contribution is -0.116. The normalized spacial score (nSPS) is 15.1. The summed E-state index contributed by atoms with van der Waals surface area (Å²) in [6.07, 6.45) is 1.82. The molecular weight excluding hydrogens is 422 g/mol. The van der Waals surface area contributed by atoms with Crippen molar-refractivity contribution in [2.75, 3.05) is 11.9 Å². The van der Waals surface area contributed by atoms with E-state index >= 15 is 0 Å². The van der Waals surface area contributed by atoms with Crippen LogP contribution in [0.4, 0.5) is 5.82 Å². The third-order valence-corrected chi connectivity index (χ3v) is 6.65. The minimum Gasteiger partial charge on any atom is -0.489 e. The first kappa shape index (κ1) is 21.9. The molecule has 1 N–H and O–H groups in total. The van der Waals surface area contributed by atoms with Crippen LogP contribution in [0.5, 0.6) is 5.75 Å². The van der Waals surface area contributed by atoms with Crippen LogP contribution in [0, 0.1) is 6.92 Å². The monoisotopic (exact) mass is 447 g/mol. The fourth-order valence-corrected chi connectivity index (χ4v) is 4.93. The number of amides is 1. The first-order chi connectivity index (χ1) is 15.5. The summed E-state index contributed by atoms with van der Waals surface area (Å²) >= 11 is 1.48. The van der Waals surface area contributed by atoms with Crippen molar-refractivity contribution in [3.63, 3.8) is 0 Å². The predicted octanol–water partition coefficient (Wildman–Crippen LogP) is 4.42. The second-order valence-corrected chi connectivity index (χ2v) is 8.62. The van der Waals surface area contributed by atoms with E-state index in [1.807, 2.05) is 43.4 Å². The van der Waals surface area contributed by atoms with Gasteiger partial charge in [-0.25, -0.2) is 0 Å². The SMILES string of the molecule is C=CCOc1ccccc1[C@@H]1CC(=O)Nc2c1c(=O)nc(SCc1ccccc1C)n2C. The Labute approximate surface area is 191 Å². The zero-order chi connectivity index (χ0) is 22.7. The molecule has 2 aromatic carbocycles. The molecule has 0 bridgehead atoms. The van der Waals surface area contributed by atoms with Gasteiger partial charge in [-0.2, -0.15) is 4.98 Å². The van der Waals surface area contributed by atoms with Gasteiger partial charge in [0, 0.05) is 30.7 Å². The van der Waals surface area contributed by atoms with Gasteiger partial charge < -0.3 is 14.6 Å². The van der Waals surface area contributed by atoms with Crippen LogP contribution < -0.4 is 15.6 Å². The maximum absolute atomic E-state index is 13.2. The van der Waals surface area contributed by atoms with Gasteiger partial charge in [0.25, 0.3) is 5.56 Å². The van der Waals surface area contributed by atoms with E-state index in [0.29, 0.717) is 34.6 Å². The summed E-state index contributed by atoms with van der Waals surface area (Å²) in [6, 6.07) is 15.6. The number of benzene rings is 2. The van der Waals surface area contributed by atoms with Crippen molar-refractivity contribution in [2.45, 2.75) is 30.2 Å². The lowest BCUT2D eigenvalue weighted by atomic mass is 9.86. The lowest BCUT2D eigenvalue weighted by Gasteiger charge is -2.28. The van der Waals surface area contributed by atoms with E-state index in [1.165, 1.54) is 22.9 Å². The highest BCUT2D eigenvalue weighted by Gasteiger charge is 2.33. The van der Waals surface area contributed by atoms with Gasteiger partial charge in [-0.15, -0.1) is 0 Å². The van der Waals surface area contributed by atoms with Gasteiger partial charge in [0.1, 0.15) is 18.2 Å². The average molecular weight is 448 g/mol. The molecule has 0 fully saturated rings. The van der Waals surface area contributed by atoms with Crippen molar-refractivity contribution >= 4 is 23.5 Å². The molecule has 1 amide bonds. The Morgan fingerprint density at radius 3 is 2.75 bits per heavy atom. The van der Waals surface area contributed by atoms with Crippen LogP contribution in [0.1, 0.15) is 34.6 Å². The van der Waals surface area contributed by atoms with Crippen molar-refractivity contribution in [1.29, 1.82) is 0 Å². The number of para-hydroxylation sites is 1. The Hall–Kier alpha value is -3.32. The maximum atomic E-state index is 13.2. The molecule has 1 aliphatic rings. The molecule has 0 spiro atoms. The fraction of sp³-hybridized carbons (Fsp3) is 0.240. The van der Waals surface area contributed by atoms with E-state index in [1.54, 1.807) is 10.6 Å². The number of anilines is 1. The highest BCUT2D eigenvalue weighted by atomic mass is 32.2. The maximum Gasteiger partial charge on any atom is 0.279 e. The summed E-state index contributed by atoms with van der Waals surface area (Å²) < 4.78 is 7.60. The second-order valence-electron chi connectivity index (χ2n) is 7.68. The minimum absolute atomic E-state index is 0.142. The number of carbonyl (C=O) groups is 1. The molecule has 3 aromatic rings. The number of carbonyl (C=O) groups excluding carboxylic acids is 1. The van der Waals surface area contributed by atoms with E-state index in [0.717, 1.165) is 5.56 Å². The van der Waals surface area contributed by atoms with Gasteiger partial charge in [0.15, 0.2) is 5.16 Å². The number of ether oxygens (including phenoxy) is 1. The molecule has 164 valence electrons. The number of rotatable bonds is 7. The fourth-order valence-electron chi connectivity index (χ4n) is 3.89. The molecule has 0 saturated carbocycles. The number of nitrogens with one attached hydrogen (secondary N) is 1. The van der Waals surface area contributed by atoms with Crippen LogP contribution in [-0.4, -0.2) is 22.1 Å². The quantitative estimate of drug-likeness (QED) is 0.330. The van der Waals surface area contributed by atoms with Crippen LogP contribution in [-0.2, 0) is 17.6 Å². The summed E-state index contributed by atoms with van der Waals surface area (Å²) in [5.74, 6) is 1.25. The van der Waals surface area contributed by atoms with Crippen LogP contribution in [0.2, 0.25) is 0 Å². The summed E-state index contributed by atoms with van der Waals surface area (Å²) in [7, 11) is 1.83. The number of hydrogen-bond donors (Lipinski definition) is 1. The standard InChI is InChI=1S/C25H25N3O3S/c1-4-13-31-20-12-8-7-11-18(20)19-14-21(29)26-23-22(19)24(30)27-25(28(23)3)32-15-17-10-6-5-9-16(17)2/h4-12,19H,1,13-15H2,2-3H3,(H,26,29)/t19-/m0/s1. The summed E-state index contributed by atoms with van der Waals surface area (Å²) in [6.45, 7) is 6.09. The van der Waals surface area contributed by atoms with Gasteiger partial charge >= 0.3 is 0 Å². The van der Waals surface area contributed by atoms with Crippen LogP contribution in [0.15, 0.2) is 71.1 Å². The van der Waals surface area contributed by atoms with Gasteiger partial charge in [0.05, 0.1) is 5.56 Å². The Kier molecular flexibility index (Phi) is 6.46. The number of aromatic nitrogens is 2. The molecular formula is C25H25N3O3S. The Morgan fingerprint density at radius 1 is 1.22 bits per heavy atom. The molecule has 0 saturated heterocycles. The van der Waals surface area contributed by atoms with Crippen molar-refractivity contribution in [1.82, 2.24) is 9.55 Å². The van der Waals surface area contributed by atoms with Crippen molar-refractivity contribution < 1.29 is 9.53 Å². The van der Waals surface area contributed by atoms with E-state index in [2.05, 4.69) is 35.9 Å². The molecule has 1 aliphatic heterocycles. The molecule has 4 rings (SSSR count). The molecule has 2 heterocycles. The number of hydrogen-bond acceptors (Lipinski definition) is 5. The highest BCUT2D eigenvalue weighted by Crippen LogP contribution is 2.39. The largest absolute Gasteiger partial charge is 0.489 e. The second kappa shape index (κ2) is 9.44. The summed E-state index contributed by atoms with van der Waals surface area (Å²) in [5, 5.41) is 3.46. The van der Waals surface area contributed by atoms with Crippen LogP contribution >= 0.6 is 11.8 Å². The molecule has 0 radical (unpaired) electrons. The molecule has 7 heteroatoms. The Morgan fingerprint density at radius 2 is 1.97 bits per heavy atom. The third kappa shape index (κ3) is 4.34. The summed E-state index contributed by atoms with van der Waals surface area (Å²) in [4.78, 5) is 30.2. The van der Waals surface area contributed by atoms with E-state index < -0.39 is 5.92 Å². The van der Waals surface area contributed by atoms with Crippen molar-refractivity contribution in [2.24, 2.45) is 7.05 Å². The first-order valence-electron chi connectivity index (χ1n) is 10.4. The lowest BCUT2D eigenvalue weighted by Crippen LogP contribution is -2.33. The molecule has 1 aromatic heterocycles. The third-order valence-electron chi connectivity index (χ3n) is 5.57. The van der Waals surface area contributed by atoms with Crippen molar-refractivity contribution in [3.05, 3.63) is 93.8 Å². The summed E-state index contributed by atoms with van der Waals surface area (Å²) in [5.41, 5.74) is 3.33. The topological polar surface area (TPSA) is 73.2 Å². The zero-order valence-corrected chi connectivity index (χ0v) is 18.9. The van der Waals surface area contributed by atoms with Gasteiger partial charge in [-0.3, -0.25) is 9.59 Å². The van der Waals surface area contributed by atoms with Gasteiger partial charge in [-0.1, -0.05) is 66.9 Å². The number of aryl methyl sites for hydroxylation is 1. The molecule has 32 heavy (non-hydrogen) atoms. The number of nitrogens with zero attached hydrogens (tertiary/aromatic N) is 2. The number of fused-ring (bicyclic) bond motifs is 1. The predicted molar refractivity (Wildman–Crippen MR) is 127 cm³/mol. The van der Waals surface area contributed by atoms with Crippen LogP contribution in [0.3, 0.4) is 0 Å². The van der Waals surface area contributed by atoms with E-state index in [-0.39, 0.29) is 17.9 Å². The zero-order valence-electron chi connectivity index (χ0n) is 18.1. The number of thioether (sulfide) groups is 1. The smallest absolute Gasteiger partial charge is 0.279 e. The molecule has 6 nitrogen and oxygen atoms in total. The molecule has 0 aliphatic carbocycles. The van der Waals surface area contributed by atoms with E-state index in [9.17, 15) is 9.59 Å². The van der Waals surface area contributed by atoms with Crippen LogP contribution in [0.25, 0.3) is 0 Å². The minimum atomic E-state index is -0.429.